The lowest BCUT2D eigenvalue weighted by Gasteiger charge is -2.10. The predicted octanol–water partition coefficient (Wildman–Crippen LogP) is 2.75. The number of nitrogens with zero attached hydrogens (tertiary/aromatic N) is 1. The van der Waals surface area contributed by atoms with Crippen molar-refractivity contribution in [3.05, 3.63) is 29.8 Å². The van der Waals surface area contributed by atoms with Crippen LogP contribution in [0.4, 0.5) is 4.39 Å². The fraction of sp³-hybridized carbons (Fsp3) is 0.417. The molecule has 0 bridgehead atoms. The standard InChI is InChI=1S/C12H16FN3/c1-7(2)5-9(14)12-15-10-4-3-8(13)6-11(10)16-12/h3-4,6-7,9H,5,14H2,1-2H3,(H,15,16)/t9-/m1/s1. The molecule has 0 radical (unpaired) electrons. The van der Waals surface area contributed by atoms with Gasteiger partial charge >= 0.3 is 0 Å². The van der Waals surface area contributed by atoms with Crippen LogP contribution in [-0.2, 0) is 0 Å². The van der Waals surface area contributed by atoms with Crippen LogP contribution in [-0.4, -0.2) is 9.97 Å². The summed E-state index contributed by atoms with van der Waals surface area (Å²) in [6, 6.07) is 4.39. The molecular formula is C12H16FN3. The zero-order valence-corrected chi connectivity index (χ0v) is 9.50. The summed E-state index contributed by atoms with van der Waals surface area (Å²) in [4.78, 5) is 7.42. The number of nitrogens with one attached hydrogen (secondary N) is 1. The number of hydrogen-bond acceptors (Lipinski definition) is 2. The van der Waals surface area contributed by atoms with Crippen LogP contribution in [0.3, 0.4) is 0 Å². The first kappa shape index (κ1) is 11.1. The van der Waals surface area contributed by atoms with E-state index in [1.807, 2.05) is 0 Å². The van der Waals surface area contributed by atoms with Crippen molar-refractivity contribution in [3.63, 3.8) is 0 Å². The third-order valence-electron chi connectivity index (χ3n) is 2.54. The second-order valence-electron chi connectivity index (χ2n) is 4.52. The Morgan fingerprint density at radius 2 is 2.19 bits per heavy atom. The van der Waals surface area contributed by atoms with Crippen LogP contribution in [0.2, 0.25) is 0 Å². The van der Waals surface area contributed by atoms with Gasteiger partial charge in [-0.2, -0.15) is 0 Å². The van der Waals surface area contributed by atoms with Gasteiger partial charge in [0, 0.05) is 0 Å². The normalized spacial score (nSPS) is 13.6. The SMILES string of the molecule is CC(C)C[C@@H](N)c1nc2ccc(F)cc2[nH]1. The molecule has 16 heavy (non-hydrogen) atoms. The topological polar surface area (TPSA) is 54.7 Å². The average molecular weight is 221 g/mol. The summed E-state index contributed by atoms with van der Waals surface area (Å²) in [5, 5.41) is 0. The van der Waals surface area contributed by atoms with Crippen LogP contribution < -0.4 is 5.73 Å². The van der Waals surface area contributed by atoms with Crippen LogP contribution in [0.25, 0.3) is 11.0 Å². The molecule has 0 amide bonds. The molecule has 4 heteroatoms. The zero-order chi connectivity index (χ0) is 11.7. The quantitative estimate of drug-likeness (QED) is 0.837. The Morgan fingerprint density at radius 1 is 1.44 bits per heavy atom. The first-order chi connectivity index (χ1) is 7.56. The molecule has 0 unspecified atom stereocenters. The van der Waals surface area contributed by atoms with Crippen molar-refractivity contribution < 1.29 is 4.39 Å². The van der Waals surface area contributed by atoms with Crippen LogP contribution >= 0.6 is 0 Å². The maximum Gasteiger partial charge on any atom is 0.125 e. The molecule has 0 saturated heterocycles. The zero-order valence-electron chi connectivity index (χ0n) is 9.50. The molecule has 1 atom stereocenters. The predicted molar refractivity (Wildman–Crippen MR) is 62.4 cm³/mol. The molecule has 1 aromatic heterocycles. The molecule has 0 aliphatic carbocycles. The number of halogens is 1. The highest BCUT2D eigenvalue weighted by Crippen LogP contribution is 2.20. The third kappa shape index (κ3) is 2.22. The van der Waals surface area contributed by atoms with Crippen LogP contribution in [0.5, 0.6) is 0 Å². The first-order valence-corrected chi connectivity index (χ1v) is 5.47. The minimum absolute atomic E-state index is 0.115. The summed E-state index contributed by atoms with van der Waals surface area (Å²) in [6.45, 7) is 4.23. The molecule has 3 N–H and O–H groups in total. The van der Waals surface area contributed by atoms with Gasteiger partial charge in [-0.3, -0.25) is 0 Å². The van der Waals surface area contributed by atoms with Crippen molar-refractivity contribution in [1.29, 1.82) is 0 Å². The van der Waals surface area contributed by atoms with Crippen LogP contribution in [0.15, 0.2) is 18.2 Å². The van der Waals surface area contributed by atoms with Gasteiger partial charge in [0.15, 0.2) is 0 Å². The Balaban J connectivity index is 2.32. The molecule has 1 heterocycles. The van der Waals surface area contributed by atoms with Gasteiger partial charge in [-0.15, -0.1) is 0 Å². The molecule has 1 aromatic carbocycles. The maximum absolute atomic E-state index is 13.0. The number of fused-ring (bicyclic) bond motifs is 1. The molecule has 2 aromatic rings. The third-order valence-corrected chi connectivity index (χ3v) is 2.54. The van der Waals surface area contributed by atoms with Crippen LogP contribution in [0.1, 0.15) is 32.1 Å². The second-order valence-corrected chi connectivity index (χ2v) is 4.52. The van der Waals surface area contributed by atoms with Crippen molar-refractivity contribution in [1.82, 2.24) is 9.97 Å². The lowest BCUT2D eigenvalue weighted by molar-refractivity contribution is 0.496. The van der Waals surface area contributed by atoms with Gasteiger partial charge in [0.2, 0.25) is 0 Å². The van der Waals surface area contributed by atoms with E-state index in [0.717, 1.165) is 17.8 Å². The number of H-pyrrole nitrogens is 1. The summed E-state index contributed by atoms with van der Waals surface area (Å²) in [5.74, 6) is 0.981. The van der Waals surface area contributed by atoms with Gasteiger partial charge in [0.25, 0.3) is 0 Å². The van der Waals surface area contributed by atoms with E-state index >= 15 is 0 Å². The van der Waals surface area contributed by atoms with Gasteiger partial charge < -0.3 is 10.7 Å². The van der Waals surface area contributed by atoms with Gasteiger partial charge in [0.05, 0.1) is 17.1 Å². The Hall–Kier alpha value is -1.42. The highest BCUT2D eigenvalue weighted by Gasteiger charge is 2.12. The largest absolute Gasteiger partial charge is 0.341 e. The second kappa shape index (κ2) is 4.22. The summed E-state index contributed by atoms with van der Waals surface area (Å²) in [5.41, 5.74) is 7.47. The molecule has 0 saturated carbocycles. The van der Waals surface area contributed by atoms with E-state index in [9.17, 15) is 4.39 Å². The molecular weight excluding hydrogens is 205 g/mol. The van der Waals surface area contributed by atoms with Crippen molar-refractivity contribution >= 4 is 11.0 Å². The highest BCUT2D eigenvalue weighted by molar-refractivity contribution is 5.75. The fourth-order valence-corrected chi connectivity index (χ4v) is 1.80. The number of aromatic nitrogens is 2. The number of nitrogens with two attached hydrogens (primary N) is 1. The Labute approximate surface area is 93.9 Å². The molecule has 2 rings (SSSR count). The number of benzene rings is 1. The van der Waals surface area contributed by atoms with Crippen molar-refractivity contribution in [2.45, 2.75) is 26.3 Å². The van der Waals surface area contributed by atoms with E-state index in [2.05, 4.69) is 23.8 Å². The minimum atomic E-state index is -0.264. The monoisotopic (exact) mass is 221 g/mol. The van der Waals surface area contributed by atoms with E-state index in [1.165, 1.54) is 12.1 Å². The van der Waals surface area contributed by atoms with Gasteiger partial charge in [-0.05, 0) is 30.5 Å². The molecule has 0 aliphatic rings. The van der Waals surface area contributed by atoms with E-state index in [0.29, 0.717) is 11.4 Å². The Bertz CT molecular complexity index is 490. The van der Waals surface area contributed by atoms with Gasteiger partial charge in [0.1, 0.15) is 11.6 Å². The van der Waals surface area contributed by atoms with E-state index in [4.69, 9.17) is 5.73 Å². The maximum atomic E-state index is 13.0. The van der Waals surface area contributed by atoms with Crippen molar-refractivity contribution in [3.8, 4) is 0 Å². The minimum Gasteiger partial charge on any atom is -0.341 e. The lowest BCUT2D eigenvalue weighted by Crippen LogP contribution is -2.14. The number of rotatable bonds is 3. The average Bonchev–Trinajstić information content (AvgIpc) is 2.59. The van der Waals surface area contributed by atoms with Crippen molar-refractivity contribution in [2.24, 2.45) is 11.7 Å². The molecule has 0 fully saturated rings. The molecule has 3 nitrogen and oxygen atoms in total. The summed E-state index contributed by atoms with van der Waals surface area (Å²) in [7, 11) is 0. The number of imidazole rings is 1. The van der Waals surface area contributed by atoms with Gasteiger partial charge in [-0.25, -0.2) is 9.37 Å². The van der Waals surface area contributed by atoms with E-state index in [1.54, 1.807) is 6.07 Å². The Morgan fingerprint density at radius 3 is 2.88 bits per heavy atom. The molecule has 86 valence electrons. The Kier molecular flexibility index (Phi) is 2.92. The highest BCUT2D eigenvalue weighted by atomic mass is 19.1. The van der Waals surface area contributed by atoms with Crippen molar-refractivity contribution in [2.75, 3.05) is 0 Å². The number of aromatic amines is 1. The van der Waals surface area contributed by atoms with E-state index in [-0.39, 0.29) is 11.9 Å². The summed E-state index contributed by atoms with van der Waals surface area (Å²) >= 11 is 0. The summed E-state index contributed by atoms with van der Waals surface area (Å²) < 4.78 is 13.0. The lowest BCUT2D eigenvalue weighted by atomic mass is 10.0. The molecule has 0 aliphatic heterocycles. The van der Waals surface area contributed by atoms with Crippen LogP contribution in [0, 0.1) is 11.7 Å². The molecule has 0 spiro atoms. The smallest absolute Gasteiger partial charge is 0.125 e. The summed E-state index contributed by atoms with van der Waals surface area (Å²) in [6.07, 6.45) is 0.863. The van der Waals surface area contributed by atoms with Gasteiger partial charge in [-0.1, -0.05) is 13.8 Å². The fourth-order valence-electron chi connectivity index (χ4n) is 1.80. The van der Waals surface area contributed by atoms with E-state index < -0.39 is 0 Å². The number of hydrogen-bond donors (Lipinski definition) is 2. The first-order valence-electron chi connectivity index (χ1n) is 5.47.